The van der Waals surface area contributed by atoms with Crippen LogP contribution in [0.3, 0.4) is 0 Å². The Kier molecular flexibility index (Phi) is 4.26. The van der Waals surface area contributed by atoms with Crippen LogP contribution < -0.4 is 10.1 Å². The molecule has 2 aliphatic carbocycles. The molecule has 2 saturated carbocycles. The molecule has 0 amide bonds. The minimum atomic E-state index is 0.137. The Morgan fingerprint density at radius 1 is 1.14 bits per heavy atom. The van der Waals surface area contributed by atoms with Gasteiger partial charge in [-0.3, -0.25) is 0 Å². The van der Waals surface area contributed by atoms with Crippen molar-refractivity contribution in [1.82, 2.24) is 5.32 Å². The molecular formula is C19H29NO. The molecule has 2 bridgehead atoms. The molecule has 2 nitrogen and oxygen atoms in total. The second kappa shape index (κ2) is 6.00. The molecular weight excluding hydrogens is 258 g/mol. The fourth-order valence-corrected chi connectivity index (χ4v) is 3.93. The van der Waals surface area contributed by atoms with Crippen molar-refractivity contribution in [3.63, 3.8) is 0 Å². The van der Waals surface area contributed by atoms with Crippen molar-refractivity contribution >= 4 is 0 Å². The third kappa shape index (κ3) is 3.79. The van der Waals surface area contributed by atoms with Crippen molar-refractivity contribution in [3.8, 4) is 5.75 Å². The SMILES string of the molecule is CC(C)(C)NCc1ccccc1OCC1CC2CCC1C2. The molecule has 2 aliphatic rings. The lowest BCUT2D eigenvalue weighted by Gasteiger charge is -2.24. The van der Waals surface area contributed by atoms with Gasteiger partial charge in [-0.15, -0.1) is 0 Å². The van der Waals surface area contributed by atoms with Gasteiger partial charge in [0, 0.05) is 17.6 Å². The predicted molar refractivity (Wildman–Crippen MR) is 87.5 cm³/mol. The molecule has 3 atom stereocenters. The van der Waals surface area contributed by atoms with Crippen molar-refractivity contribution in [2.75, 3.05) is 6.61 Å². The molecule has 0 aromatic heterocycles. The minimum absolute atomic E-state index is 0.137. The summed E-state index contributed by atoms with van der Waals surface area (Å²) < 4.78 is 6.20. The number of para-hydroxylation sites is 1. The summed E-state index contributed by atoms with van der Waals surface area (Å²) in [5.74, 6) is 3.81. The molecule has 0 spiro atoms. The van der Waals surface area contributed by atoms with Gasteiger partial charge in [-0.05, 0) is 63.9 Å². The summed E-state index contributed by atoms with van der Waals surface area (Å²) in [4.78, 5) is 0. The van der Waals surface area contributed by atoms with E-state index in [1.807, 2.05) is 0 Å². The third-order valence-corrected chi connectivity index (χ3v) is 5.12. The van der Waals surface area contributed by atoms with Gasteiger partial charge in [0.25, 0.3) is 0 Å². The van der Waals surface area contributed by atoms with Gasteiger partial charge in [0.2, 0.25) is 0 Å². The molecule has 3 unspecified atom stereocenters. The summed E-state index contributed by atoms with van der Waals surface area (Å²) in [6.07, 6.45) is 5.76. The first-order valence-corrected chi connectivity index (χ1v) is 8.47. The summed E-state index contributed by atoms with van der Waals surface area (Å²) in [6, 6.07) is 8.47. The zero-order chi connectivity index (χ0) is 14.9. The van der Waals surface area contributed by atoms with Crippen molar-refractivity contribution in [2.45, 2.75) is 58.5 Å². The molecule has 116 valence electrons. The van der Waals surface area contributed by atoms with Crippen LogP contribution in [0.1, 0.15) is 52.0 Å². The van der Waals surface area contributed by atoms with Crippen LogP contribution in [0.2, 0.25) is 0 Å². The highest BCUT2D eigenvalue weighted by molar-refractivity contribution is 5.33. The van der Waals surface area contributed by atoms with Gasteiger partial charge in [-0.2, -0.15) is 0 Å². The van der Waals surface area contributed by atoms with E-state index in [0.717, 1.165) is 36.7 Å². The topological polar surface area (TPSA) is 21.3 Å². The second-order valence-corrected chi connectivity index (χ2v) is 7.96. The fourth-order valence-electron chi connectivity index (χ4n) is 3.93. The number of nitrogens with one attached hydrogen (secondary N) is 1. The molecule has 0 aliphatic heterocycles. The Labute approximate surface area is 129 Å². The number of benzene rings is 1. The van der Waals surface area contributed by atoms with Crippen LogP contribution in [0.15, 0.2) is 24.3 Å². The van der Waals surface area contributed by atoms with Gasteiger partial charge in [0.15, 0.2) is 0 Å². The van der Waals surface area contributed by atoms with Gasteiger partial charge < -0.3 is 10.1 Å². The molecule has 0 saturated heterocycles. The summed E-state index contributed by atoms with van der Waals surface area (Å²) in [5.41, 5.74) is 1.41. The van der Waals surface area contributed by atoms with Gasteiger partial charge in [0.1, 0.15) is 5.75 Å². The molecule has 1 N–H and O–H groups in total. The van der Waals surface area contributed by atoms with E-state index >= 15 is 0 Å². The van der Waals surface area contributed by atoms with E-state index in [9.17, 15) is 0 Å². The Hall–Kier alpha value is -1.02. The molecule has 0 radical (unpaired) electrons. The molecule has 1 aromatic carbocycles. The normalized spacial score (nSPS) is 28.0. The average molecular weight is 287 g/mol. The van der Waals surface area contributed by atoms with Gasteiger partial charge in [0.05, 0.1) is 6.61 Å². The summed E-state index contributed by atoms with van der Waals surface area (Å²) in [6.45, 7) is 8.38. The van der Waals surface area contributed by atoms with Crippen LogP contribution in [-0.4, -0.2) is 12.1 Å². The van der Waals surface area contributed by atoms with E-state index < -0.39 is 0 Å². The fraction of sp³-hybridized carbons (Fsp3) is 0.684. The lowest BCUT2D eigenvalue weighted by molar-refractivity contribution is 0.193. The Bertz CT molecular complexity index is 477. The molecule has 0 heterocycles. The standard InChI is InChI=1S/C19H29NO/c1-19(2,3)20-12-16-6-4-5-7-18(16)21-13-17-11-14-8-9-15(17)10-14/h4-7,14-15,17,20H,8-13H2,1-3H3. The zero-order valence-corrected chi connectivity index (χ0v) is 13.7. The molecule has 3 rings (SSSR count). The summed E-state index contributed by atoms with van der Waals surface area (Å²) in [7, 11) is 0. The van der Waals surface area contributed by atoms with Gasteiger partial charge in [-0.25, -0.2) is 0 Å². The maximum Gasteiger partial charge on any atom is 0.123 e. The molecule has 1 aromatic rings. The highest BCUT2D eigenvalue weighted by Crippen LogP contribution is 2.48. The van der Waals surface area contributed by atoms with E-state index in [-0.39, 0.29) is 5.54 Å². The highest BCUT2D eigenvalue weighted by Gasteiger charge is 2.39. The first-order chi connectivity index (χ1) is 10.0. The van der Waals surface area contributed by atoms with E-state index in [1.54, 1.807) is 0 Å². The Morgan fingerprint density at radius 3 is 2.62 bits per heavy atom. The Balaban J connectivity index is 1.57. The smallest absolute Gasteiger partial charge is 0.123 e. The van der Waals surface area contributed by atoms with Crippen LogP contribution in [0, 0.1) is 17.8 Å². The van der Waals surface area contributed by atoms with Crippen molar-refractivity contribution in [2.24, 2.45) is 17.8 Å². The van der Waals surface area contributed by atoms with Crippen molar-refractivity contribution in [3.05, 3.63) is 29.8 Å². The summed E-state index contributed by atoms with van der Waals surface area (Å²) >= 11 is 0. The first kappa shape index (κ1) is 14.9. The van der Waals surface area contributed by atoms with E-state index in [0.29, 0.717) is 0 Å². The third-order valence-electron chi connectivity index (χ3n) is 5.12. The molecule has 2 heteroatoms. The number of rotatable bonds is 5. The average Bonchev–Trinajstić information content (AvgIpc) is 3.05. The Morgan fingerprint density at radius 2 is 1.95 bits per heavy atom. The summed E-state index contributed by atoms with van der Waals surface area (Å²) in [5, 5.41) is 3.55. The quantitative estimate of drug-likeness (QED) is 0.867. The van der Waals surface area contributed by atoms with Crippen LogP contribution in [-0.2, 0) is 6.54 Å². The van der Waals surface area contributed by atoms with Crippen molar-refractivity contribution in [1.29, 1.82) is 0 Å². The highest BCUT2D eigenvalue weighted by atomic mass is 16.5. The lowest BCUT2D eigenvalue weighted by Crippen LogP contribution is -2.35. The van der Waals surface area contributed by atoms with Gasteiger partial charge >= 0.3 is 0 Å². The number of ether oxygens (including phenoxy) is 1. The minimum Gasteiger partial charge on any atom is -0.493 e. The van der Waals surface area contributed by atoms with Crippen LogP contribution in [0.25, 0.3) is 0 Å². The van der Waals surface area contributed by atoms with Crippen LogP contribution >= 0.6 is 0 Å². The molecule has 2 fully saturated rings. The van der Waals surface area contributed by atoms with E-state index in [1.165, 1.54) is 31.2 Å². The molecule has 21 heavy (non-hydrogen) atoms. The number of fused-ring (bicyclic) bond motifs is 2. The van der Waals surface area contributed by atoms with E-state index in [4.69, 9.17) is 4.74 Å². The number of hydrogen-bond acceptors (Lipinski definition) is 2. The maximum absolute atomic E-state index is 6.20. The monoisotopic (exact) mass is 287 g/mol. The maximum atomic E-state index is 6.20. The van der Waals surface area contributed by atoms with Crippen LogP contribution in [0.5, 0.6) is 5.75 Å². The first-order valence-electron chi connectivity index (χ1n) is 8.47. The predicted octanol–water partition coefficient (Wildman–Crippen LogP) is 4.39. The number of hydrogen-bond donors (Lipinski definition) is 1. The zero-order valence-electron chi connectivity index (χ0n) is 13.7. The largest absolute Gasteiger partial charge is 0.493 e. The van der Waals surface area contributed by atoms with Crippen molar-refractivity contribution < 1.29 is 4.74 Å². The second-order valence-electron chi connectivity index (χ2n) is 7.96. The van der Waals surface area contributed by atoms with Gasteiger partial charge in [-0.1, -0.05) is 24.6 Å². The van der Waals surface area contributed by atoms with E-state index in [2.05, 4.69) is 50.4 Å². The lowest BCUT2D eigenvalue weighted by atomic mass is 9.89. The van der Waals surface area contributed by atoms with Crippen LogP contribution in [0.4, 0.5) is 0 Å².